The van der Waals surface area contributed by atoms with Crippen molar-refractivity contribution in [3.8, 4) is 33.1 Å². The molecule has 42 heavy (non-hydrogen) atoms. The molecule has 7 rings (SSSR count). The molecule has 10 heteroatoms. The number of amides is 1. The molecular formula is C32H23N7O2S. The van der Waals surface area contributed by atoms with E-state index in [1.807, 2.05) is 60.8 Å². The van der Waals surface area contributed by atoms with Crippen molar-refractivity contribution in [2.45, 2.75) is 13.3 Å². The number of aromatic amines is 2. The number of fused-ring (bicyclic) bond motifs is 2. The number of ketones is 1. The molecule has 1 amide bonds. The first-order valence-corrected chi connectivity index (χ1v) is 14.0. The number of pyridine rings is 3. The first kappa shape index (κ1) is 25.5. The van der Waals surface area contributed by atoms with Crippen LogP contribution in [-0.4, -0.2) is 41.8 Å². The summed E-state index contributed by atoms with van der Waals surface area (Å²) in [6.07, 6.45) is 8.97. The van der Waals surface area contributed by atoms with Crippen molar-refractivity contribution in [3.05, 3.63) is 102 Å². The van der Waals surface area contributed by atoms with Crippen molar-refractivity contribution in [2.24, 2.45) is 0 Å². The highest BCUT2D eigenvalue weighted by Crippen LogP contribution is 2.37. The minimum absolute atomic E-state index is 0.0452. The molecular weight excluding hydrogens is 546 g/mol. The lowest BCUT2D eigenvalue weighted by Crippen LogP contribution is -2.14. The molecule has 9 nitrogen and oxygen atoms in total. The molecule has 0 atom stereocenters. The molecule has 0 aliphatic heterocycles. The van der Waals surface area contributed by atoms with Crippen molar-refractivity contribution >= 4 is 50.5 Å². The second-order valence-electron chi connectivity index (χ2n) is 9.91. The molecule has 7 aromatic rings. The minimum Gasteiger partial charge on any atom is -0.352 e. The summed E-state index contributed by atoms with van der Waals surface area (Å²) in [7, 11) is 0. The van der Waals surface area contributed by atoms with Gasteiger partial charge in [0, 0.05) is 39.2 Å². The van der Waals surface area contributed by atoms with E-state index in [9.17, 15) is 9.59 Å². The Morgan fingerprint density at radius 2 is 1.74 bits per heavy atom. The molecule has 204 valence electrons. The van der Waals surface area contributed by atoms with Gasteiger partial charge in [-0.3, -0.25) is 29.6 Å². The lowest BCUT2D eigenvalue weighted by molar-refractivity contribution is -0.115. The Kier molecular flexibility index (Phi) is 6.37. The topological polar surface area (TPSA) is 129 Å². The highest BCUT2D eigenvalue weighted by molar-refractivity contribution is 7.17. The van der Waals surface area contributed by atoms with E-state index < -0.39 is 0 Å². The molecule has 0 bridgehead atoms. The molecule has 1 aromatic carbocycles. The van der Waals surface area contributed by atoms with Gasteiger partial charge in [-0.25, -0.2) is 0 Å². The van der Waals surface area contributed by atoms with Gasteiger partial charge in [0.15, 0.2) is 5.78 Å². The Labute approximate surface area is 243 Å². The summed E-state index contributed by atoms with van der Waals surface area (Å²) in [5.74, 6) is -0.0720. The number of benzene rings is 1. The first-order chi connectivity index (χ1) is 20.5. The highest BCUT2D eigenvalue weighted by Gasteiger charge is 2.17. The van der Waals surface area contributed by atoms with Crippen molar-refractivity contribution in [2.75, 3.05) is 5.32 Å². The van der Waals surface area contributed by atoms with Crippen LogP contribution in [0.25, 0.3) is 54.9 Å². The van der Waals surface area contributed by atoms with E-state index in [1.54, 1.807) is 31.7 Å². The SMILES string of the molecule is CC(=O)c1ccc(-c2cncc3[nH]c(-c4n[nH]c5cnc(-c6cncc(NC(=O)Cc7ccccc7)c6)cc45)cc23)s1. The van der Waals surface area contributed by atoms with Gasteiger partial charge in [-0.2, -0.15) is 5.10 Å². The molecule has 0 unspecified atom stereocenters. The zero-order chi connectivity index (χ0) is 28.6. The van der Waals surface area contributed by atoms with Gasteiger partial charge in [-0.1, -0.05) is 30.3 Å². The van der Waals surface area contributed by atoms with Crippen molar-refractivity contribution in [1.29, 1.82) is 0 Å². The number of hydrogen-bond acceptors (Lipinski definition) is 7. The summed E-state index contributed by atoms with van der Waals surface area (Å²) in [6.45, 7) is 1.57. The van der Waals surface area contributed by atoms with Crippen LogP contribution < -0.4 is 5.32 Å². The van der Waals surface area contributed by atoms with Crippen LogP contribution in [0.5, 0.6) is 0 Å². The zero-order valence-electron chi connectivity index (χ0n) is 22.4. The summed E-state index contributed by atoms with van der Waals surface area (Å²) in [5.41, 5.74) is 7.18. The normalized spacial score (nSPS) is 11.3. The Balaban J connectivity index is 1.21. The average molecular weight is 570 g/mol. The van der Waals surface area contributed by atoms with Crippen LogP contribution in [0, 0.1) is 0 Å². The molecule has 0 aliphatic carbocycles. The van der Waals surface area contributed by atoms with E-state index in [4.69, 9.17) is 0 Å². The fraction of sp³-hybridized carbons (Fsp3) is 0.0625. The van der Waals surface area contributed by atoms with Crippen LogP contribution in [-0.2, 0) is 11.2 Å². The third kappa shape index (κ3) is 4.84. The maximum absolute atomic E-state index is 12.6. The quantitative estimate of drug-likeness (QED) is 0.184. The van der Waals surface area contributed by atoms with Gasteiger partial charge in [0.25, 0.3) is 0 Å². The average Bonchev–Trinajstić information content (AvgIpc) is 3.75. The Morgan fingerprint density at radius 1 is 0.881 bits per heavy atom. The third-order valence-electron chi connectivity index (χ3n) is 6.99. The van der Waals surface area contributed by atoms with Crippen molar-refractivity contribution < 1.29 is 9.59 Å². The van der Waals surface area contributed by atoms with Crippen molar-refractivity contribution in [1.82, 2.24) is 30.1 Å². The highest BCUT2D eigenvalue weighted by atomic mass is 32.1. The van der Waals surface area contributed by atoms with Crippen LogP contribution in [0.15, 0.2) is 91.6 Å². The van der Waals surface area contributed by atoms with E-state index in [0.29, 0.717) is 16.3 Å². The number of carbonyl (C=O) groups is 2. The number of rotatable bonds is 7. The van der Waals surface area contributed by atoms with Gasteiger partial charge in [0.05, 0.1) is 58.0 Å². The fourth-order valence-corrected chi connectivity index (χ4v) is 5.89. The second kappa shape index (κ2) is 10.5. The van der Waals surface area contributed by atoms with Crippen LogP contribution in [0.3, 0.4) is 0 Å². The van der Waals surface area contributed by atoms with E-state index in [-0.39, 0.29) is 18.1 Å². The number of H-pyrrole nitrogens is 2. The monoisotopic (exact) mass is 569 g/mol. The summed E-state index contributed by atoms with van der Waals surface area (Å²) in [4.78, 5) is 43.0. The molecule has 0 spiro atoms. The summed E-state index contributed by atoms with van der Waals surface area (Å²) >= 11 is 1.46. The number of Topliss-reactive ketones (excluding diaryl/α,β-unsaturated/α-hetero) is 1. The number of carbonyl (C=O) groups excluding carboxylic acids is 2. The van der Waals surface area contributed by atoms with Crippen LogP contribution in [0.2, 0.25) is 0 Å². The fourth-order valence-electron chi connectivity index (χ4n) is 4.96. The predicted octanol–water partition coefficient (Wildman–Crippen LogP) is 6.68. The summed E-state index contributed by atoms with van der Waals surface area (Å²) in [6, 6.07) is 19.3. The van der Waals surface area contributed by atoms with Crippen LogP contribution in [0.1, 0.15) is 22.2 Å². The number of aromatic nitrogens is 6. The van der Waals surface area contributed by atoms with Gasteiger partial charge in [-0.15, -0.1) is 11.3 Å². The molecule has 6 aromatic heterocycles. The van der Waals surface area contributed by atoms with Crippen LogP contribution in [0.4, 0.5) is 5.69 Å². The number of anilines is 1. The van der Waals surface area contributed by atoms with Crippen molar-refractivity contribution in [3.63, 3.8) is 0 Å². The molecule has 0 aliphatic rings. The third-order valence-corrected chi connectivity index (χ3v) is 8.21. The Bertz CT molecular complexity index is 2110. The Hall–Kier alpha value is -5.48. The van der Waals surface area contributed by atoms with E-state index in [1.165, 1.54) is 11.3 Å². The van der Waals surface area contributed by atoms with Gasteiger partial charge in [0.2, 0.25) is 5.91 Å². The molecule has 0 saturated carbocycles. The molecule has 0 saturated heterocycles. The van der Waals surface area contributed by atoms with E-state index >= 15 is 0 Å². The van der Waals surface area contributed by atoms with E-state index in [0.717, 1.165) is 54.8 Å². The standard InChI is InChI=1S/C32H23N7O2S/c1-18(40)29-7-8-30(42-29)24-15-34-16-27-22(24)11-26(37-27)32-23-12-25(35-17-28(23)38-39-32)20-10-21(14-33-13-20)36-31(41)9-19-5-3-2-4-6-19/h2-8,10-17,37H,9H2,1H3,(H,36,41)(H,38,39). The number of thiophene rings is 1. The molecule has 3 N–H and O–H groups in total. The first-order valence-electron chi connectivity index (χ1n) is 13.2. The summed E-state index contributed by atoms with van der Waals surface area (Å²) < 4.78 is 0. The number of nitrogens with zero attached hydrogens (tertiary/aromatic N) is 4. The smallest absolute Gasteiger partial charge is 0.228 e. The zero-order valence-corrected chi connectivity index (χ0v) is 23.2. The largest absolute Gasteiger partial charge is 0.352 e. The van der Waals surface area contributed by atoms with Gasteiger partial charge in [-0.05, 0) is 42.8 Å². The molecule has 0 radical (unpaired) electrons. The molecule has 0 fully saturated rings. The van der Waals surface area contributed by atoms with E-state index in [2.05, 4.69) is 41.5 Å². The lowest BCUT2D eigenvalue weighted by atomic mass is 10.1. The van der Waals surface area contributed by atoms with Gasteiger partial charge in [0.1, 0.15) is 5.69 Å². The predicted molar refractivity (Wildman–Crippen MR) is 164 cm³/mol. The van der Waals surface area contributed by atoms with Gasteiger partial charge < -0.3 is 10.3 Å². The summed E-state index contributed by atoms with van der Waals surface area (Å²) in [5, 5.41) is 12.5. The maximum atomic E-state index is 12.6. The lowest BCUT2D eigenvalue weighted by Gasteiger charge is -2.07. The molecule has 6 heterocycles. The second-order valence-corrected chi connectivity index (χ2v) is 11.0. The van der Waals surface area contributed by atoms with Gasteiger partial charge >= 0.3 is 0 Å². The van der Waals surface area contributed by atoms with Crippen LogP contribution >= 0.6 is 11.3 Å². The minimum atomic E-state index is -0.117. The number of hydrogen-bond donors (Lipinski definition) is 3. The Morgan fingerprint density at radius 3 is 2.57 bits per heavy atom. The number of nitrogens with one attached hydrogen (secondary N) is 3. The maximum Gasteiger partial charge on any atom is 0.228 e.